The van der Waals surface area contributed by atoms with Gasteiger partial charge in [0.05, 0.1) is 10.6 Å². The maximum atomic E-state index is 10.9. The fraction of sp³-hybridized carbons (Fsp3) is 0.571. The number of nitro benzene ring substituents is 1. The van der Waals surface area contributed by atoms with Gasteiger partial charge in [-0.25, -0.2) is 0 Å². The monoisotopic (exact) mass is 278 g/mol. The highest BCUT2D eigenvalue weighted by molar-refractivity contribution is 5.63. The van der Waals surface area contributed by atoms with Crippen molar-refractivity contribution in [1.82, 2.24) is 0 Å². The zero-order chi connectivity index (χ0) is 14.7. The Labute approximate surface area is 118 Å². The number of hydrogen-bond donors (Lipinski definition) is 3. The zero-order valence-electron chi connectivity index (χ0n) is 11.9. The number of anilines is 2. The summed E-state index contributed by atoms with van der Waals surface area (Å²) in [6.45, 7) is 4.50. The number of hydrazine groups is 1. The molecule has 0 aromatic heterocycles. The second-order valence-corrected chi connectivity index (χ2v) is 5.69. The molecule has 0 bridgehead atoms. The molecule has 1 saturated carbocycles. The molecule has 1 fully saturated rings. The maximum absolute atomic E-state index is 10.9. The molecular formula is C14H22N4O2. The summed E-state index contributed by atoms with van der Waals surface area (Å²) in [4.78, 5) is 10.5. The Morgan fingerprint density at radius 1 is 1.25 bits per heavy atom. The number of non-ortho nitro benzene ring substituents is 1. The summed E-state index contributed by atoms with van der Waals surface area (Å²) in [5, 5.41) is 14.4. The van der Waals surface area contributed by atoms with E-state index in [2.05, 4.69) is 24.6 Å². The van der Waals surface area contributed by atoms with Crippen LogP contribution in [0, 0.1) is 22.0 Å². The van der Waals surface area contributed by atoms with Crippen LogP contribution in [0.15, 0.2) is 18.2 Å². The Morgan fingerprint density at radius 2 is 1.95 bits per heavy atom. The van der Waals surface area contributed by atoms with Crippen molar-refractivity contribution in [3.8, 4) is 0 Å². The van der Waals surface area contributed by atoms with Crippen molar-refractivity contribution in [2.75, 3.05) is 10.7 Å². The lowest BCUT2D eigenvalue weighted by atomic mass is 9.78. The molecule has 3 unspecified atom stereocenters. The van der Waals surface area contributed by atoms with Gasteiger partial charge in [0, 0.05) is 23.9 Å². The summed E-state index contributed by atoms with van der Waals surface area (Å²) in [5.41, 5.74) is 3.80. The number of rotatable bonds is 4. The number of hydrogen-bond acceptors (Lipinski definition) is 5. The topological polar surface area (TPSA) is 93.2 Å². The molecule has 0 amide bonds. The number of nitrogens with two attached hydrogens (primary N) is 1. The Bertz CT molecular complexity index is 492. The Balaban J connectivity index is 2.19. The molecule has 1 aromatic rings. The standard InChI is InChI=1S/C14H22N4O2/c1-9-4-3-5-14(10(9)2)16-11-6-12(17-15)8-13(7-11)18(19)20/h6-10,14,16-17H,3-5,15H2,1-2H3. The van der Waals surface area contributed by atoms with Crippen LogP contribution in [0.3, 0.4) is 0 Å². The molecule has 6 heteroatoms. The molecule has 2 rings (SSSR count). The lowest BCUT2D eigenvalue weighted by Crippen LogP contribution is -2.35. The fourth-order valence-corrected chi connectivity index (χ4v) is 2.88. The van der Waals surface area contributed by atoms with E-state index >= 15 is 0 Å². The number of benzene rings is 1. The Hall–Kier alpha value is -1.82. The molecule has 6 nitrogen and oxygen atoms in total. The van der Waals surface area contributed by atoms with E-state index in [1.807, 2.05) is 0 Å². The Morgan fingerprint density at radius 3 is 2.60 bits per heavy atom. The molecule has 1 aliphatic rings. The first-order valence-electron chi connectivity index (χ1n) is 7.04. The van der Waals surface area contributed by atoms with Gasteiger partial charge in [0.25, 0.3) is 5.69 Å². The molecule has 0 saturated heterocycles. The number of nitro groups is 1. The Kier molecular flexibility index (Phi) is 4.44. The van der Waals surface area contributed by atoms with Gasteiger partial charge in [0.1, 0.15) is 0 Å². The van der Waals surface area contributed by atoms with Crippen LogP contribution in [0.2, 0.25) is 0 Å². The minimum Gasteiger partial charge on any atom is -0.382 e. The lowest BCUT2D eigenvalue weighted by molar-refractivity contribution is -0.384. The average Bonchev–Trinajstić information content (AvgIpc) is 2.43. The zero-order valence-corrected chi connectivity index (χ0v) is 11.9. The van der Waals surface area contributed by atoms with E-state index in [0.717, 1.165) is 12.1 Å². The molecular weight excluding hydrogens is 256 g/mol. The predicted molar refractivity (Wildman–Crippen MR) is 80.5 cm³/mol. The summed E-state index contributed by atoms with van der Waals surface area (Å²) in [7, 11) is 0. The summed E-state index contributed by atoms with van der Waals surface area (Å²) in [6.07, 6.45) is 3.55. The number of nitrogens with zero attached hydrogens (tertiary/aromatic N) is 1. The van der Waals surface area contributed by atoms with Gasteiger partial charge in [-0.15, -0.1) is 0 Å². The van der Waals surface area contributed by atoms with Crippen molar-refractivity contribution in [1.29, 1.82) is 0 Å². The van der Waals surface area contributed by atoms with E-state index in [4.69, 9.17) is 5.84 Å². The highest BCUT2D eigenvalue weighted by Crippen LogP contribution is 2.33. The van der Waals surface area contributed by atoms with Crippen molar-refractivity contribution in [3.05, 3.63) is 28.3 Å². The molecule has 0 aliphatic heterocycles. The van der Waals surface area contributed by atoms with Crippen LogP contribution in [0.25, 0.3) is 0 Å². The largest absolute Gasteiger partial charge is 0.382 e. The SMILES string of the molecule is CC1CCCC(Nc2cc(NN)cc([N+](=O)[O-])c2)C1C. The highest BCUT2D eigenvalue weighted by atomic mass is 16.6. The van der Waals surface area contributed by atoms with Crippen molar-refractivity contribution in [3.63, 3.8) is 0 Å². The lowest BCUT2D eigenvalue weighted by Gasteiger charge is -2.35. The van der Waals surface area contributed by atoms with Gasteiger partial charge < -0.3 is 10.7 Å². The molecule has 1 aromatic carbocycles. The first-order valence-corrected chi connectivity index (χ1v) is 7.04. The van der Waals surface area contributed by atoms with Crippen LogP contribution in [0.5, 0.6) is 0 Å². The first-order chi connectivity index (χ1) is 9.51. The molecule has 20 heavy (non-hydrogen) atoms. The van der Waals surface area contributed by atoms with E-state index in [-0.39, 0.29) is 5.69 Å². The molecule has 110 valence electrons. The third-order valence-corrected chi connectivity index (χ3v) is 4.35. The van der Waals surface area contributed by atoms with Crippen molar-refractivity contribution < 1.29 is 4.92 Å². The van der Waals surface area contributed by atoms with Crippen molar-refractivity contribution in [2.24, 2.45) is 17.7 Å². The van der Waals surface area contributed by atoms with E-state index in [1.54, 1.807) is 12.1 Å². The highest BCUT2D eigenvalue weighted by Gasteiger charge is 2.27. The van der Waals surface area contributed by atoms with Gasteiger partial charge in [-0.1, -0.05) is 26.7 Å². The molecule has 1 aliphatic carbocycles. The average molecular weight is 278 g/mol. The quantitative estimate of drug-likeness (QED) is 0.447. The van der Waals surface area contributed by atoms with Crippen LogP contribution in [-0.2, 0) is 0 Å². The van der Waals surface area contributed by atoms with Gasteiger partial charge in [-0.05, 0) is 24.3 Å². The van der Waals surface area contributed by atoms with Crippen LogP contribution in [-0.4, -0.2) is 11.0 Å². The molecule has 0 spiro atoms. The summed E-state index contributed by atoms with van der Waals surface area (Å²) in [6, 6.07) is 5.15. The summed E-state index contributed by atoms with van der Waals surface area (Å²) in [5.74, 6) is 6.60. The molecule has 0 radical (unpaired) electrons. The molecule has 3 atom stereocenters. The minimum absolute atomic E-state index is 0.0412. The second-order valence-electron chi connectivity index (χ2n) is 5.69. The van der Waals surface area contributed by atoms with E-state index in [9.17, 15) is 10.1 Å². The number of nitrogen functional groups attached to an aromatic ring is 1. The second kappa shape index (κ2) is 6.09. The van der Waals surface area contributed by atoms with Gasteiger partial charge in [-0.3, -0.25) is 16.0 Å². The van der Waals surface area contributed by atoms with Crippen LogP contribution >= 0.6 is 0 Å². The van der Waals surface area contributed by atoms with Crippen LogP contribution in [0.4, 0.5) is 17.1 Å². The van der Waals surface area contributed by atoms with Crippen LogP contribution in [0.1, 0.15) is 33.1 Å². The van der Waals surface area contributed by atoms with Crippen molar-refractivity contribution in [2.45, 2.75) is 39.2 Å². The molecule has 0 heterocycles. The summed E-state index contributed by atoms with van der Waals surface area (Å²) >= 11 is 0. The summed E-state index contributed by atoms with van der Waals surface area (Å²) < 4.78 is 0. The first kappa shape index (κ1) is 14.6. The number of nitrogens with one attached hydrogen (secondary N) is 2. The molecule has 4 N–H and O–H groups in total. The van der Waals surface area contributed by atoms with Gasteiger partial charge in [0.15, 0.2) is 0 Å². The smallest absolute Gasteiger partial charge is 0.273 e. The third-order valence-electron chi connectivity index (χ3n) is 4.35. The van der Waals surface area contributed by atoms with Crippen LogP contribution < -0.4 is 16.6 Å². The predicted octanol–water partition coefficient (Wildman–Crippen LogP) is 3.12. The fourth-order valence-electron chi connectivity index (χ4n) is 2.88. The maximum Gasteiger partial charge on any atom is 0.273 e. The minimum atomic E-state index is -0.404. The van der Waals surface area contributed by atoms with E-state index in [0.29, 0.717) is 23.6 Å². The van der Waals surface area contributed by atoms with Gasteiger partial charge in [0.2, 0.25) is 0 Å². The van der Waals surface area contributed by atoms with E-state index < -0.39 is 4.92 Å². The van der Waals surface area contributed by atoms with Gasteiger partial charge >= 0.3 is 0 Å². The van der Waals surface area contributed by atoms with Crippen molar-refractivity contribution >= 4 is 17.1 Å². The van der Waals surface area contributed by atoms with E-state index in [1.165, 1.54) is 18.9 Å². The normalized spacial score (nSPS) is 26.1. The van der Waals surface area contributed by atoms with Gasteiger partial charge in [-0.2, -0.15) is 0 Å². The third kappa shape index (κ3) is 3.19.